The van der Waals surface area contributed by atoms with E-state index in [4.69, 9.17) is 26.1 Å². The summed E-state index contributed by atoms with van der Waals surface area (Å²) >= 11 is 7.54. The molecule has 0 bridgehead atoms. The second-order valence-corrected chi connectivity index (χ2v) is 11.3. The molecule has 1 aliphatic rings. The largest absolute Gasteiger partial charge is 0.488 e. The average Bonchev–Trinajstić information content (AvgIpc) is 3.35. The lowest BCUT2D eigenvalue weighted by molar-refractivity contribution is -0.138. The van der Waals surface area contributed by atoms with Crippen LogP contribution < -0.4 is 19.6 Å². The molecule has 5 aromatic rings. The maximum absolute atomic E-state index is 14.3. The SMILES string of the molecule is CCOC(=O)C1=C(c2ccccc2)N=c2s/c(=C\c3cc(Cl)ccc3OCc3ccccc3F)c(=O)n2[C@H]1c1ccccc1. The zero-order valence-corrected chi connectivity index (χ0v) is 25.1. The average molecular weight is 625 g/mol. The van der Waals surface area contributed by atoms with Gasteiger partial charge in [0.2, 0.25) is 0 Å². The predicted molar refractivity (Wildman–Crippen MR) is 170 cm³/mol. The zero-order chi connectivity index (χ0) is 30.6. The third-order valence-electron chi connectivity index (χ3n) is 7.09. The van der Waals surface area contributed by atoms with Gasteiger partial charge in [0, 0.05) is 21.7 Å². The fourth-order valence-electron chi connectivity index (χ4n) is 5.07. The third kappa shape index (κ3) is 5.86. The van der Waals surface area contributed by atoms with Crippen molar-refractivity contribution in [2.75, 3.05) is 6.61 Å². The molecule has 0 saturated carbocycles. The lowest BCUT2D eigenvalue weighted by atomic mass is 9.93. The van der Waals surface area contributed by atoms with Crippen LogP contribution in [0.4, 0.5) is 4.39 Å². The van der Waals surface area contributed by atoms with Crippen molar-refractivity contribution in [1.82, 2.24) is 4.57 Å². The van der Waals surface area contributed by atoms with Crippen molar-refractivity contribution in [3.8, 4) is 5.75 Å². The molecule has 1 atom stereocenters. The number of ether oxygens (including phenoxy) is 2. The molecule has 0 unspecified atom stereocenters. The number of benzene rings is 4. The number of hydrogen-bond donors (Lipinski definition) is 0. The first-order valence-corrected chi connectivity index (χ1v) is 15.1. The molecule has 1 aliphatic heterocycles. The topological polar surface area (TPSA) is 69.9 Å². The van der Waals surface area contributed by atoms with Crippen molar-refractivity contribution < 1.29 is 18.7 Å². The van der Waals surface area contributed by atoms with E-state index < -0.39 is 12.0 Å². The van der Waals surface area contributed by atoms with E-state index in [1.54, 1.807) is 49.4 Å². The molecule has 2 heterocycles. The van der Waals surface area contributed by atoms with E-state index in [1.807, 2.05) is 60.7 Å². The van der Waals surface area contributed by atoms with Gasteiger partial charge in [0.25, 0.3) is 5.56 Å². The number of fused-ring (bicyclic) bond motifs is 1. The van der Waals surface area contributed by atoms with Crippen LogP contribution in [0, 0.1) is 5.82 Å². The van der Waals surface area contributed by atoms with Gasteiger partial charge < -0.3 is 9.47 Å². The minimum absolute atomic E-state index is 0.00621. The highest BCUT2D eigenvalue weighted by atomic mass is 35.5. The summed E-state index contributed by atoms with van der Waals surface area (Å²) in [5, 5.41) is 0.445. The number of aromatic nitrogens is 1. The molecule has 0 aliphatic carbocycles. The summed E-state index contributed by atoms with van der Waals surface area (Å²) in [6.07, 6.45) is 1.69. The Bertz CT molecular complexity index is 2060. The van der Waals surface area contributed by atoms with Gasteiger partial charge >= 0.3 is 5.97 Å². The summed E-state index contributed by atoms with van der Waals surface area (Å²) in [6.45, 7) is 1.90. The molecular weight excluding hydrogens is 599 g/mol. The first-order chi connectivity index (χ1) is 21.4. The van der Waals surface area contributed by atoms with Gasteiger partial charge in [-0.25, -0.2) is 14.2 Å². The maximum Gasteiger partial charge on any atom is 0.338 e. The molecule has 220 valence electrons. The first-order valence-electron chi connectivity index (χ1n) is 13.9. The van der Waals surface area contributed by atoms with Gasteiger partial charge in [-0.15, -0.1) is 0 Å². The van der Waals surface area contributed by atoms with Crippen LogP contribution in [0.3, 0.4) is 0 Å². The summed E-state index contributed by atoms with van der Waals surface area (Å²) in [4.78, 5) is 33.0. The van der Waals surface area contributed by atoms with Crippen LogP contribution in [0.1, 0.15) is 35.2 Å². The van der Waals surface area contributed by atoms with Crippen molar-refractivity contribution in [3.63, 3.8) is 0 Å². The summed E-state index contributed by atoms with van der Waals surface area (Å²) in [6, 6.07) is 29.4. The Morgan fingerprint density at radius 3 is 2.43 bits per heavy atom. The van der Waals surface area contributed by atoms with E-state index in [-0.39, 0.29) is 30.2 Å². The number of carbonyl (C=O) groups is 1. The van der Waals surface area contributed by atoms with Gasteiger partial charge in [0.15, 0.2) is 4.80 Å². The van der Waals surface area contributed by atoms with Crippen LogP contribution in [0.2, 0.25) is 5.02 Å². The Labute approximate surface area is 261 Å². The number of rotatable bonds is 8. The summed E-state index contributed by atoms with van der Waals surface area (Å²) in [5.74, 6) is -0.485. The van der Waals surface area contributed by atoms with Crippen molar-refractivity contribution >= 4 is 40.7 Å². The monoisotopic (exact) mass is 624 g/mol. The second-order valence-electron chi connectivity index (χ2n) is 9.90. The van der Waals surface area contributed by atoms with Crippen molar-refractivity contribution in [2.45, 2.75) is 19.6 Å². The molecule has 9 heteroatoms. The molecule has 6 nitrogen and oxygen atoms in total. The van der Waals surface area contributed by atoms with Gasteiger partial charge in [-0.05, 0) is 42.8 Å². The Balaban J connectivity index is 1.53. The summed E-state index contributed by atoms with van der Waals surface area (Å²) < 4.78 is 27.7. The minimum atomic E-state index is -0.778. The highest BCUT2D eigenvalue weighted by Crippen LogP contribution is 2.35. The molecule has 0 saturated heterocycles. The van der Waals surface area contributed by atoms with Gasteiger partial charge in [-0.2, -0.15) is 0 Å². The highest BCUT2D eigenvalue weighted by molar-refractivity contribution is 7.07. The minimum Gasteiger partial charge on any atom is -0.488 e. The molecule has 0 radical (unpaired) electrons. The van der Waals surface area contributed by atoms with Gasteiger partial charge in [-0.1, -0.05) is 102 Å². The van der Waals surface area contributed by atoms with Crippen LogP contribution >= 0.6 is 22.9 Å². The van der Waals surface area contributed by atoms with Crippen molar-refractivity contribution in [2.24, 2.45) is 4.99 Å². The fourth-order valence-corrected chi connectivity index (χ4v) is 6.24. The molecule has 6 rings (SSSR count). The van der Waals surface area contributed by atoms with E-state index in [0.717, 1.165) is 11.1 Å². The normalized spacial score (nSPS) is 14.6. The maximum atomic E-state index is 14.3. The Kier molecular flexibility index (Phi) is 8.54. The molecule has 0 fully saturated rings. The molecule has 44 heavy (non-hydrogen) atoms. The molecule has 0 N–H and O–H groups in total. The van der Waals surface area contributed by atoms with Gasteiger partial charge in [0.05, 0.1) is 28.5 Å². The second kappa shape index (κ2) is 12.8. The number of halogens is 2. The number of thiazole rings is 1. The van der Waals surface area contributed by atoms with Crippen LogP contribution in [0.5, 0.6) is 5.75 Å². The Morgan fingerprint density at radius 1 is 1.00 bits per heavy atom. The molecule has 0 spiro atoms. The van der Waals surface area contributed by atoms with Gasteiger partial charge in [0.1, 0.15) is 18.2 Å². The Hall–Kier alpha value is -4.79. The van der Waals surface area contributed by atoms with Gasteiger partial charge in [-0.3, -0.25) is 9.36 Å². The zero-order valence-electron chi connectivity index (χ0n) is 23.6. The number of carbonyl (C=O) groups excluding carboxylic acids is 1. The smallest absolute Gasteiger partial charge is 0.338 e. The van der Waals surface area contributed by atoms with E-state index in [1.165, 1.54) is 22.0 Å². The van der Waals surface area contributed by atoms with Crippen LogP contribution in [0.25, 0.3) is 11.8 Å². The fraction of sp³-hybridized carbons (Fsp3) is 0.114. The van der Waals surface area contributed by atoms with Crippen molar-refractivity contribution in [3.05, 3.63) is 161 Å². The third-order valence-corrected chi connectivity index (χ3v) is 8.31. The van der Waals surface area contributed by atoms with Crippen LogP contribution in [-0.2, 0) is 16.1 Å². The molecule has 0 amide bonds. The summed E-state index contributed by atoms with van der Waals surface area (Å²) in [5.41, 5.74) is 2.80. The van der Waals surface area contributed by atoms with Crippen LogP contribution in [0.15, 0.2) is 118 Å². The first kappa shape index (κ1) is 29.3. The Morgan fingerprint density at radius 2 is 1.70 bits per heavy atom. The van der Waals surface area contributed by atoms with Crippen molar-refractivity contribution in [1.29, 1.82) is 0 Å². The standard InChI is InChI=1S/C35H26ClFN2O4S/c1-2-42-34(41)30-31(22-11-5-3-6-12-22)38-35-39(32(30)23-13-7-4-8-14-23)33(40)29(44-35)20-25-19-26(36)17-18-28(25)43-21-24-15-9-10-16-27(24)37/h3-20,32H,2,21H2,1H3/b29-20-/t32-/m0/s1. The van der Waals surface area contributed by atoms with E-state index >= 15 is 0 Å². The highest BCUT2D eigenvalue weighted by Gasteiger charge is 2.35. The van der Waals surface area contributed by atoms with E-state index in [2.05, 4.69) is 0 Å². The quantitative estimate of drug-likeness (QED) is 0.190. The van der Waals surface area contributed by atoms with E-state index in [9.17, 15) is 14.0 Å². The molecule has 1 aromatic heterocycles. The van der Waals surface area contributed by atoms with E-state index in [0.29, 0.717) is 36.9 Å². The lowest BCUT2D eigenvalue weighted by Crippen LogP contribution is -2.40. The molecular formula is C35H26ClFN2O4S. The number of esters is 1. The summed E-state index contributed by atoms with van der Waals surface area (Å²) in [7, 11) is 0. The number of hydrogen-bond acceptors (Lipinski definition) is 6. The number of nitrogens with zero attached hydrogens (tertiary/aromatic N) is 2. The predicted octanol–water partition coefficient (Wildman–Crippen LogP) is 6.31. The lowest BCUT2D eigenvalue weighted by Gasteiger charge is -2.25. The molecule has 4 aromatic carbocycles. The van der Waals surface area contributed by atoms with Crippen LogP contribution in [-0.4, -0.2) is 17.1 Å².